The van der Waals surface area contributed by atoms with Gasteiger partial charge in [0.2, 0.25) is 0 Å². The van der Waals surface area contributed by atoms with Crippen LogP contribution in [0.1, 0.15) is 18.4 Å². The molecule has 1 heterocycles. The van der Waals surface area contributed by atoms with Crippen molar-refractivity contribution >= 4 is 21.6 Å². The van der Waals surface area contributed by atoms with Crippen LogP contribution in [0.3, 0.4) is 0 Å². The van der Waals surface area contributed by atoms with Gasteiger partial charge in [0.05, 0.1) is 11.5 Å². The van der Waals surface area contributed by atoms with Gasteiger partial charge in [-0.3, -0.25) is 10.1 Å². The number of para-hydroxylation sites is 1. The van der Waals surface area contributed by atoms with Crippen LogP contribution in [0.5, 0.6) is 5.75 Å². The lowest BCUT2D eigenvalue weighted by atomic mass is 9.83. The Balaban J connectivity index is 2.15. The quantitative estimate of drug-likeness (QED) is 0.466. The van der Waals surface area contributed by atoms with E-state index < -0.39 is 4.92 Å². The van der Waals surface area contributed by atoms with Gasteiger partial charge < -0.3 is 9.47 Å². The molecule has 0 amide bonds. The Hall–Kier alpha value is -1.14. The van der Waals surface area contributed by atoms with E-state index in [1.54, 1.807) is 6.07 Å². The van der Waals surface area contributed by atoms with Crippen LogP contribution in [0.2, 0.25) is 0 Å². The fraction of sp³-hybridized carbons (Fsp3) is 0.571. The van der Waals surface area contributed by atoms with Gasteiger partial charge in [-0.05, 0) is 25.3 Å². The number of nitro benzene ring substituents is 1. The van der Waals surface area contributed by atoms with Gasteiger partial charge in [0.1, 0.15) is 0 Å². The molecular formula is C14H18BrNO4. The summed E-state index contributed by atoms with van der Waals surface area (Å²) >= 11 is 3.54. The van der Waals surface area contributed by atoms with Gasteiger partial charge in [0.25, 0.3) is 0 Å². The number of alkyl halides is 1. The van der Waals surface area contributed by atoms with Crippen LogP contribution in [-0.2, 0) is 4.74 Å². The summed E-state index contributed by atoms with van der Waals surface area (Å²) < 4.78 is 11.2. The van der Waals surface area contributed by atoms with Crippen molar-refractivity contribution in [1.82, 2.24) is 0 Å². The van der Waals surface area contributed by atoms with Gasteiger partial charge in [-0.25, -0.2) is 0 Å². The summed E-state index contributed by atoms with van der Waals surface area (Å²) in [5.74, 6) is 0.379. The Morgan fingerprint density at radius 1 is 1.45 bits per heavy atom. The number of halogens is 1. The zero-order valence-electron chi connectivity index (χ0n) is 11.4. The first kappa shape index (κ1) is 15.3. The molecule has 0 radical (unpaired) electrons. The fourth-order valence-electron chi connectivity index (χ4n) is 2.31. The highest BCUT2D eigenvalue weighted by molar-refractivity contribution is 9.09. The van der Waals surface area contributed by atoms with Crippen LogP contribution in [-0.4, -0.2) is 30.1 Å². The lowest BCUT2D eigenvalue weighted by Crippen LogP contribution is -2.36. The number of nitrogens with zero attached hydrogens (tertiary/aromatic N) is 1. The van der Waals surface area contributed by atoms with Crippen molar-refractivity contribution in [2.75, 3.05) is 25.2 Å². The van der Waals surface area contributed by atoms with Gasteiger partial charge in [0.15, 0.2) is 5.75 Å². The van der Waals surface area contributed by atoms with Crippen molar-refractivity contribution in [2.24, 2.45) is 5.41 Å². The third-order valence-electron chi connectivity index (χ3n) is 3.75. The summed E-state index contributed by atoms with van der Waals surface area (Å²) in [6.45, 7) is 3.72. The van der Waals surface area contributed by atoms with Crippen LogP contribution < -0.4 is 4.74 Å². The minimum Gasteiger partial charge on any atom is -0.486 e. The molecule has 0 bridgehead atoms. The second-order valence-corrected chi connectivity index (χ2v) is 5.78. The van der Waals surface area contributed by atoms with Crippen LogP contribution in [0.4, 0.5) is 5.69 Å². The molecule has 20 heavy (non-hydrogen) atoms. The van der Waals surface area contributed by atoms with E-state index in [4.69, 9.17) is 9.47 Å². The van der Waals surface area contributed by atoms with Crippen molar-refractivity contribution in [3.63, 3.8) is 0 Å². The number of ether oxygens (including phenoxy) is 2. The number of hydrogen-bond donors (Lipinski definition) is 0. The van der Waals surface area contributed by atoms with E-state index in [1.807, 2.05) is 13.0 Å². The SMILES string of the molecule is Cc1cccc([N+](=O)[O-])c1OCC1(CBr)CCOCC1. The third kappa shape index (κ3) is 3.30. The molecule has 110 valence electrons. The topological polar surface area (TPSA) is 61.6 Å². The maximum atomic E-state index is 11.1. The largest absolute Gasteiger partial charge is 0.486 e. The Kier molecular flexibility index (Phi) is 4.99. The van der Waals surface area contributed by atoms with Crippen molar-refractivity contribution < 1.29 is 14.4 Å². The Bertz CT molecular complexity index is 486. The first-order chi connectivity index (χ1) is 9.58. The molecule has 0 atom stereocenters. The van der Waals surface area contributed by atoms with Crippen LogP contribution in [0, 0.1) is 22.5 Å². The van der Waals surface area contributed by atoms with Gasteiger partial charge in [-0.2, -0.15) is 0 Å². The Labute approximate surface area is 126 Å². The van der Waals surface area contributed by atoms with Gasteiger partial charge in [-0.1, -0.05) is 28.1 Å². The summed E-state index contributed by atoms with van der Waals surface area (Å²) in [5, 5.41) is 11.9. The highest BCUT2D eigenvalue weighted by Crippen LogP contribution is 2.36. The molecule has 1 fully saturated rings. The monoisotopic (exact) mass is 343 g/mol. The van der Waals surface area contributed by atoms with Crippen LogP contribution in [0.15, 0.2) is 18.2 Å². The minimum absolute atomic E-state index is 0.00556. The number of aryl methyl sites for hydroxylation is 1. The van der Waals surface area contributed by atoms with E-state index in [2.05, 4.69) is 15.9 Å². The van der Waals surface area contributed by atoms with E-state index in [0.29, 0.717) is 25.6 Å². The zero-order chi connectivity index (χ0) is 14.6. The summed E-state index contributed by atoms with van der Waals surface area (Å²) in [7, 11) is 0. The molecule has 6 heteroatoms. The summed E-state index contributed by atoms with van der Waals surface area (Å²) in [6, 6.07) is 4.98. The molecule has 0 aliphatic carbocycles. The van der Waals surface area contributed by atoms with E-state index in [1.165, 1.54) is 6.07 Å². The number of hydrogen-bond acceptors (Lipinski definition) is 4. The average Bonchev–Trinajstić information content (AvgIpc) is 2.46. The van der Waals surface area contributed by atoms with Crippen molar-refractivity contribution in [3.8, 4) is 5.75 Å². The number of benzene rings is 1. The average molecular weight is 344 g/mol. The lowest BCUT2D eigenvalue weighted by Gasteiger charge is -2.35. The first-order valence-corrected chi connectivity index (χ1v) is 7.71. The van der Waals surface area contributed by atoms with E-state index in [9.17, 15) is 10.1 Å². The maximum Gasteiger partial charge on any atom is 0.311 e. The molecule has 0 unspecified atom stereocenters. The molecule has 1 aromatic carbocycles. The van der Waals surface area contributed by atoms with Crippen LogP contribution in [0.25, 0.3) is 0 Å². The van der Waals surface area contributed by atoms with Gasteiger partial charge >= 0.3 is 5.69 Å². The van der Waals surface area contributed by atoms with E-state index in [0.717, 1.165) is 23.7 Å². The predicted molar refractivity (Wildman–Crippen MR) is 79.6 cm³/mol. The molecule has 0 N–H and O–H groups in total. The van der Waals surface area contributed by atoms with Gasteiger partial charge in [0, 0.05) is 30.0 Å². The molecule has 0 saturated carbocycles. The predicted octanol–water partition coefficient (Wildman–Crippen LogP) is 3.47. The maximum absolute atomic E-state index is 11.1. The first-order valence-electron chi connectivity index (χ1n) is 6.58. The molecule has 1 aliphatic rings. The number of nitro groups is 1. The second kappa shape index (κ2) is 6.54. The highest BCUT2D eigenvalue weighted by Gasteiger charge is 2.33. The summed E-state index contributed by atoms with van der Waals surface area (Å²) in [5.41, 5.74) is 0.812. The number of rotatable bonds is 5. The van der Waals surface area contributed by atoms with E-state index >= 15 is 0 Å². The zero-order valence-corrected chi connectivity index (χ0v) is 13.0. The summed E-state index contributed by atoms with van der Waals surface area (Å²) in [4.78, 5) is 10.7. The van der Waals surface area contributed by atoms with Crippen molar-refractivity contribution in [3.05, 3.63) is 33.9 Å². The Morgan fingerprint density at radius 2 is 2.15 bits per heavy atom. The smallest absolute Gasteiger partial charge is 0.311 e. The Morgan fingerprint density at radius 3 is 2.75 bits per heavy atom. The minimum atomic E-state index is -0.396. The molecule has 1 saturated heterocycles. The molecule has 0 aromatic heterocycles. The van der Waals surface area contributed by atoms with Gasteiger partial charge in [-0.15, -0.1) is 0 Å². The standard InChI is InChI=1S/C14H18BrNO4/c1-11-3-2-4-12(16(17)18)13(11)20-10-14(9-15)5-7-19-8-6-14/h2-4H,5-10H2,1H3. The normalized spacial score (nSPS) is 17.7. The molecule has 1 aromatic rings. The third-order valence-corrected chi connectivity index (χ3v) is 4.94. The van der Waals surface area contributed by atoms with Crippen molar-refractivity contribution in [2.45, 2.75) is 19.8 Å². The second-order valence-electron chi connectivity index (χ2n) is 5.21. The van der Waals surface area contributed by atoms with Crippen molar-refractivity contribution in [1.29, 1.82) is 0 Å². The van der Waals surface area contributed by atoms with E-state index in [-0.39, 0.29) is 11.1 Å². The summed E-state index contributed by atoms with van der Waals surface area (Å²) in [6.07, 6.45) is 1.80. The highest BCUT2D eigenvalue weighted by atomic mass is 79.9. The van der Waals surface area contributed by atoms with Crippen LogP contribution >= 0.6 is 15.9 Å². The molecule has 0 spiro atoms. The molecule has 5 nitrogen and oxygen atoms in total. The fourth-order valence-corrected chi connectivity index (χ4v) is 3.04. The molecule has 1 aliphatic heterocycles. The molecular weight excluding hydrogens is 326 g/mol. The molecule has 2 rings (SSSR count). The lowest BCUT2D eigenvalue weighted by molar-refractivity contribution is -0.386.